The zero-order valence-corrected chi connectivity index (χ0v) is 14.5. The highest BCUT2D eigenvalue weighted by Crippen LogP contribution is 2.35. The lowest BCUT2D eigenvalue weighted by Crippen LogP contribution is -2.37. The molecule has 0 heterocycles. The van der Waals surface area contributed by atoms with Crippen molar-refractivity contribution in [2.75, 3.05) is 23.2 Å². The summed E-state index contributed by atoms with van der Waals surface area (Å²) >= 11 is 17.7. The third kappa shape index (κ3) is 4.64. The van der Waals surface area contributed by atoms with Gasteiger partial charge in [-0.25, -0.2) is 8.42 Å². The van der Waals surface area contributed by atoms with Crippen molar-refractivity contribution < 1.29 is 17.9 Å². The van der Waals surface area contributed by atoms with Crippen LogP contribution in [0.3, 0.4) is 0 Å². The lowest BCUT2D eigenvalue weighted by molar-refractivity contribution is -0.141. The molecule has 1 aromatic carbocycles. The number of carbonyl (C=O) groups is 1. The SMILES string of the molecule is CCOC(=O)CN(c1cc(Cl)c(Cl)cc1Cl)S(=O)(=O)CC. The first-order valence-corrected chi connectivity index (χ1v) is 8.77. The van der Waals surface area contributed by atoms with E-state index in [0.717, 1.165) is 4.31 Å². The van der Waals surface area contributed by atoms with Gasteiger partial charge in [-0.2, -0.15) is 0 Å². The van der Waals surface area contributed by atoms with Crippen molar-refractivity contribution in [3.63, 3.8) is 0 Å². The Morgan fingerprint density at radius 1 is 1.14 bits per heavy atom. The predicted octanol–water partition coefficient (Wildman–Crippen LogP) is 3.37. The fraction of sp³-hybridized carbons (Fsp3) is 0.417. The molecule has 0 fully saturated rings. The van der Waals surface area contributed by atoms with Gasteiger partial charge >= 0.3 is 5.97 Å². The second-order valence-electron chi connectivity index (χ2n) is 3.93. The molecular weight excluding hydrogens is 361 g/mol. The molecular formula is C12H14Cl3NO4S. The van der Waals surface area contributed by atoms with E-state index in [1.54, 1.807) is 6.92 Å². The molecule has 0 atom stereocenters. The average molecular weight is 375 g/mol. The molecule has 0 saturated carbocycles. The van der Waals surface area contributed by atoms with E-state index in [4.69, 9.17) is 39.5 Å². The lowest BCUT2D eigenvalue weighted by Gasteiger charge is -2.24. The molecule has 0 saturated heterocycles. The third-order valence-corrected chi connectivity index (χ3v) is 5.29. The second kappa shape index (κ2) is 7.54. The summed E-state index contributed by atoms with van der Waals surface area (Å²) in [4.78, 5) is 11.6. The molecule has 0 unspecified atom stereocenters. The van der Waals surface area contributed by atoms with Gasteiger partial charge in [0.25, 0.3) is 0 Å². The number of nitrogens with zero attached hydrogens (tertiary/aromatic N) is 1. The fourth-order valence-corrected chi connectivity index (χ4v) is 3.27. The molecule has 5 nitrogen and oxygen atoms in total. The van der Waals surface area contributed by atoms with E-state index in [0.29, 0.717) is 0 Å². The van der Waals surface area contributed by atoms with Gasteiger partial charge in [0.1, 0.15) is 6.54 Å². The number of sulfonamides is 1. The molecule has 0 aliphatic heterocycles. The minimum absolute atomic E-state index is 0.0747. The molecule has 0 bridgehead atoms. The van der Waals surface area contributed by atoms with E-state index < -0.39 is 22.5 Å². The van der Waals surface area contributed by atoms with Gasteiger partial charge in [0.2, 0.25) is 10.0 Å². The average Bonchev–Trinajstić information content (AvgIpc) is 2.41. The van der Waals surface area contributed by atoms with Crippen molar-refractivity contribution in [3.05, 3.63) is 27.2 Å². The molecule has 1 aromatic rings. The van der Waals surface area contributed by atoms with Crippen molar-refractivity contribution in [1.82, 2.24) is 0 Å². The van der Waals surface area contributed by atoms with Crippen LogP contribution >= 0.6 is 34.8 Å². The summed E-state index contributed by atoms with van der Waals surface area (Å²) in [5, 5.41) is 0.400. The summed E-state index contributed by atoms with van der Waals surface area (Å²) in [6.07, 6.45) is 0. The molecule has 0 radical (unpaired) electrons. The van der Waals surface area contributed by atoms with E-state index >= 15 is 0 Å². The van der Waals surface area contributed by atoms with Crippen LogP contribution in [0.1, 0.15) is 13.8 Å². The van der Waals surface area contributed by atoms with Crippen molar-refractivity contribution in [1.29, 1.82) is 0 Å². The molecule has 118 valence electrons. The van der Waals surface area contributed by atoms with Gasteiger partial charge in [0.05, 0.1) is 33.1 Å². The van der Waals surface area contributed by atoms with Gasteiger partial charge in [-0.3, -0.25) is 9.10 Å². The van der Waals surface area contributed by atoms with E-state index in [-0.39, 0.29) is 33.1 Å². The van der Waals surface area contributed by atoms with Crippen LogP contribution in [-0.2, 0) is 19.6 Å². The summed E-state index contributed by atoms with van der Waals surface area (Å²) in [6, 6.07) is 2.63. The first-order chi connectivity index (χ1) is 9.72. The van der Waals surface area contributed by atoms with Crippen LogP contribution in [0.5, 0.6) is 0 Å². The van der Waals surface area contributed by atoms with Crippen LogP contribution in [0.2, 0.25) is 15.1 Å². The fourth-order valence-electron chi connectivity index (χ4n) is 1.52. The normalized spacial score (nSPS) is 11.3. The number of rotatable bonds is 6. The predicted molar refractivity (Wildman–Crippen MR) is 84.9 cm³/mol. The van der Waals surface area contributed by atoms with E-state index in [1.165, 1.54) is 19.1 Å². The Hall–Kier alpha value is -0.690. The number of carbonyl (C=O) groups excluding carboxylic acids is 1. The summed E-state index contributed by atoms with van der Waals surface area (Å²) in [6.45, 7) is 2.75. The molecule has 0 aliphatic rings. The Bertz CT molecular complexity index is 634. The van der Waals surface area contributed by atoms with Crippen LogP contribution in [0.25, 0.3) is 0 Å². The monoisotopic (exact) mass is 373 g/mol. The Labute approximate surface area is 138 Å². The highest BCUT2D eigenvalue weighted by Gasteiger charge is 2.26. The number of hydrogen-bond donors (Lipinski definition) is 0. The standard InChI is InChI=1S/C12H14Cl3NO4S/c1-3-20-12(17)7-16(21(18,19)4-2)11-6-9(14)8(13)5-10(11)15/h5-6H,3-4,7H2,1-2H3. The Morgan fingerprint density at radius 3 is 2.24 bits per heavy atom. The topological polar surface area (TPSA) is 63.7 Å². The summed E-state index contributed by atoms with van der Waals surface area (Å²) in [5.74, 6) is -0.889. The third-order valence-electron chi connectivity index (χ3n) is 2.54. The minimum atomic E-state index is -3.73. The van der Waals surface area contributed by atoms with Crippen LogP contribution in [0, 0.1) is 0 Å². The summed E-state index contributed by atoms with van der Waals surface area (Å²) in [5.41, 5.74) is 0.0842. The molecule has 0 amide bonds. The first-order valence-electron chi connectivity index (χ1n) is 6.03. The second-order valence-corrected chi connectivity index (χ2v) is 7.33. The molecule has 1 rings (SSSR count). The summed E-state index contributed by atoms with van der Waals surface area (Å²) in [7, 11) is -3.73. The zero-order chi connectivity index (χ0) is 16.2. The smallest absolute Gasteiger partial charge is 0.326 e. The number of hydrogen-bond acceptors (Lipinski definition) is 4. The van der Waals surface area contributed by atoms with Gasteiger partial charge in [-0.05, 0) is 26.0 Å². The zero-order valence-electron chi connectivity index (χ0n) is 11.4. The van der Waals surface area contributed by atoms with Crippen molar-refractivity contribution >= 4 is 56.5 Å². The molecule has 21 heavy (non-hydrogen) atoms. The van der Waals surface area contributed by atoms with Crippen LogP contribution in [0.15, 0.2) is 12.1 Å². The van der Waals surface area contributed by atoms with E-state index in [1.807, 2.05) is 0 Å². The highest BCUT2D eigenvalue weighted by atomic mass is 35.5. The number of benzene rings is 1. The Morgan fingerprint density at radius 2 is 1.71 bits per heavy atom. The summed E-state index contributed by atoms with van der Waals surface area (Å²) < 4.78 is 30.0. The van der Waals surface area contributed by atoms with Crippen LogP contribution in [0.4, 0.5) is 5.69 Å². The molecule has 0 N–H and O–H groups in total. The lowest BCUT2D eigenvalue weighted by atomic mass is 10.3. The first kappa shape index (κ1) is 18.4. The van der Waals surface area contributed by atoms with Crippen molar-refractivity contribution in [2.45, 2.75) is 13.8 Å². The minimum Gasteiger partial charge on any atom is -0.465 e. The Balaban J connectivity index is 3.31. The van der Waals surface area contributed by atoms with Gasteiger partial charge in [0, 0.05) is 0 Å². The molecule has 0 aliphatic carbocycles. The van der Waals surface area contributed by atoms with Crippen molar-refractivity contribution in [2.24, 2.45) is 0 Å². The highest BCUT2D eigenvalue weighted by molar-refractivity contribution is 7.92. The molecule has 0 spiro atoms. The Kier molecular flexibility index (Phi) is 6.59. The quantitative estimate of drug-likeness (QED) is 0.566. The largest absolute Gasteiger partial charge is 0.465 e. The van der Waals surface area contributed by atoms with Gasteiger partial charge in [0.15, 0.2) is 0 Å². The maximum absolute atomic E-state index is 12.2. The van der Waals surface area contributed by atoms with Gasteiger partial charge < -0.3 is 4.74 Å². The number of esters is 1. The van der Waals surface area contributed by atoms with E-state index in [9.17, 15) is 13.2 Å². The number of halogens is 3. The molecule has 0 aromatic heterocycles. The van der Waals surface area contributed by atoms with Gasteiger partial charge in [-0.1, -0.05) is 34.8 Å². The van der Waals surface area contributed by atoms with Crippen LogP contribution < -0.4 is 4.31 Å². The van der Waals surface area contributed by atoms with Gasteiger partial charge in [-0.15, -0.1) is 0 Å². The van der Waals surface area contributed by atoms with Crippen molar-refractivity contribution in [3.8, 4) is 0 Å². The number of anilines is 1. The molecule has 9 heteroatoms. The maximum Gasteiger partial charge on any atom is 0.326 e. The van der Waals surface area contributed by atoms with Crippen LogP contribution in [-0.4, -0.2) is 33.3 Å². The maximum atomic E-state index is 12.2. The number of ether oxygens (including phenoxy) is 1. The van der Waals surface area contributed by atoms with E-state index in [2.05, 4.69) is 0 Å².